The lowest BCUT2D eigenvalue weighted by Gasteiger charge is -2.32. The average Bonchev–Trinajstić information content (AvgIpc) is 4.18. The lowest BCUT2D eigenvalue weighted by Crippen LogP contribution is -2.53. The van der Waals surface area contributed by atoms with Gasteiger partial charge >= 0.3 is 6.03 Å². The van der Waals surface area contributed by atoms with Crippen molar-refractivity contribution in [2.45, 2.75) is 116 Å². The molecule has 0 saturated carbocycles. The van der Waals surface area contributed by atoms with Gasteiger partial charge < -0.3 is 40.2 Å². The summed E-state index contributed by atoms with van der Waals surface area (Å²) in [6.45, 7) is 8.21. The van der Waals surface area contributed by atoms with E-state index in [0.717, 1.165) is 40.9 Å². The van der Waals surface area contributed by atoms with E-state index in [2.05, 4.69) is 26.3 Å². The number of piperidine rings is 1. The Bertz CT molecular complexity index is 3280. The summed E-state index contributed by atoms with van der Waals surface area (Å²) >= 11 is 0. The Balaban J connectivity index is 0.751. The summed E-state index contributed by atoms with van der Waals surface area (Å²) in [5, 5.41) is 11.3. The minimum Gasteiger partial charge on any atom is -0.493 e. The quantitative estimate of drug-likeness (QED) is 0.0247. The Morgan fingerprint density at radius 1 is 0.732 bits per heavy atom. The molecule has 2 aromatic heterocycles. The fourth-order valence-electron chi connectivity index (χ4n) is 10.2. The number of hydrogen-bond acceptors (Lipinski definition) is 12. The number of hydrogen-bond donors (Lipinski definition) is 4. The Morgan fingerprint density at radius 3 is 2.16 bits per heavy atom. The number of unbranched alkanes of at least 4 members (excludes halogenated alkanes) is 2. The second kappa shape index (κ2) is 27.0. The number of nitrogens with one attached hydrogen (secondary N) is 4. The molecule has 20 nitrogen and oxygen atoms in total. The van der Waals surface area contributed by atoms with Crippen LogP contribution in [-0.4, -0.2) is 123 Å². The van der Waals surface area contributed by atoms with Crippen molar-refractivity contribution >= 4 is 76.3 Å². The van der Waals surface area contributed by atoms with Crippen molar-refractivity contribution in [1.29, 1.82) is 0 Å². The molecule has 0 bridgehead atoms. The summed E-state index contributed by atoms with van der Waals surface area (Å²) in [4.78, 5) is 124. The molecule has 430 valence electrons. The fourth-order valence-corrected chi connectivity index (χ4v) is 10.2. The number of rotatable bonds is 25. The van der Waals surface area contributed by atoms with Crippen LogP contribution < -0.4 is 30.7 Å². The van der Waals surface area contributed by atoms with Crippen molar-refractivity contribution < 1.29 is 52.6 Å². The molecule has 3 atom stereocenters. The minimum absolute atomic E-state index is 0.0233. The van der Waals surface area contributed by atoms with E-state index in [1.54, 1.807) is 87.2 Å². The van der Waals surface area contributed by atoms with Gasteiger partial charge in [-0.05, 0) is 105 Å². The molecule has 0 radical (unpaired) electrons. The Kier molecular flexibility index (Phi) is 19.5. The highest BCUT2D eigenvalue weighted by atomic mass is 16.5. The van der Waals surface area contributed by atoms with E-state index >= 15 is 0 Å². The molecule has 3 aliphatic heterocycles. The van der Waals surface area contributed by atoms with Crippen LogP contribution in [0.4, 0.5) is 21.9 Å². The number of carbonyl (C=O) groups excluding carboxylic acids is 9. The molecular weight excluding hydrogens is 1050 g/mol. The highest BCUT2D eigenvalue weighted by Crippen LogP contribution is 2.38. The number of aromatic nitrogens is 2. The summed E-state index contributed by atoms with van der Waals surface area (Å²) in [6, 6.07) is 19.2. The highest BCUT2D eigenvalue weighted by Gasteiger charge is 2.32. The number of ketones is 2. The summed E-state index contributed by atoms with van der Waals surface area (Å²) in [6.07, 6.45) is 13.2. The van der Waals surface area contributed by atoms with Gasteiger partial charge in [0.2, 0.25) is 17.7 Å². The Morgan fingerprint density at radius 2 is 1.44 bits per heavy atom. The smallest absolute Gasteiger partial charge is 0.330 e. The minimum atomic E-state index is -0.855. The summed E-state index contributed by atoms with van der Waals surface area (Å²) < 4.78 is 14.8. The third kappa shape index (κ3) is 14.9. The molecule has 1 saturated heterocycles. The molecule has 7 amide bonds. The topological polar surface area (TPSA) is 249 Å². The molecule has 5 heterocycles. The molecule has 5 aromatic rings. The van der Waals surface area contributed by atoms with E-state index in [9.17, 15) is 43.2 Å². The largest absolute Gasteiger partial charge is 0.493 e. The van der Waals surface area contributed by atoms with Gasteiger partial charge in [0, 0.05) is 99.6 Å². The standard InChI is InChI=1S/C62H71N9O11/c1-38(2)59(67-56(75)14-8-7-10-27-70-57(76)24-25-58(70)77)60(78)64-40(4)51(72)30-42-18-22-45(23-19-42)66-62(80)71-36-44(29-39(71)3)43-20-16-41(17-21-43)31-52(73)50-32-46(37-68(50)5)65-55(74)15-12-28-82-54-34-49-48(33-53(54)81-6)61(79)69-26-11-9-13-47(69)35-63-49/h16-25,29,32-38,40,47,59H,7-15,26-28,30-31H2,1-6H3,(H,64,78)(H,65,74)(H,66,80)(H,67,75)/t40-,47-,59-/m0/s1. The molecule has 8 rings (SSSR count). The van der Waals surface area contributed by atoms with Gasteiger partial charge in [0.05, 0.1) is 48.4 Å². The molecule has 0 unspecified atom stereocenters. The lowest BCUT2D eigenvalue weighted by atomic mass is 10.0. The second-order valence-electron chi connectivity index (χ2n) is 21.4. The summed E-state index contributed by atoms with van der Waals surface area (Å²) in [5.41, 5.74) is 6.24. The van der Waals surface area contributed by atoms with Gasteiger partial charge in [-0.25, -0.2) is 4.79 Å². The number of amides is 7. The summed E-state index contributed by atoms with van der Waals surface area (Å²) in [5.74, 6) is -1.53. The number of imide groups is 1. The van der Waals surface area contributed by atoms with Crippen LogP contribution in [0, 0.1) is 12.8 Å². The van der Waals surface area contributed by atoms with Gasteiger partial charge in [-0.15, -0.1) is 0 Å². The number of fused-ring (bicyclic) bond motifs is 2. The molecular formula is C62H71N9O11. The number of carbonyl (C=O) groups is 9. The number of methoxy groups -OCH3 is 1. The maximum atomic E-state index is 13.5. The first kappa shape index (κ1) is 59.2. The fraction of sp³-hybridized carbons (Fsp3) is 0.387. The predicted octanol–water partition coefficient (Wildman–Crippen LogP) is 8.07. The number of aliphatic imine (C=N–C) groups is 1. The van der Waals surface area contributed by atoms with Crippen molar-refractivity contribution in [2.75, 3.05) is 37.4 Å². The molecule has 4 N–H and O–H groups in total. The van der Waals surface area contributed by atoms with E-state index in [1.165, 1.54) is 23.8 Å². The van der Waals surface area contributed by atoms with E-state index in [0.29, 0.717) is 83.3 Å². The second-order valence-corrected chi connectivity index (χ2v) is 21.4. The van der Waals surface area contributed by atoms with Gasteiger partial charge in [-0.1, -0.05) is 56.7 Å². The van der Waals surface area contributed by atoms with Gasteiger partial charge in [0.1, 0.15) is 6.04 Å². The first-order valence-corrected chi connectivity index (χ1v) is 27.9. The van der Waals surface area contributed by atoms with Crippen LogP contribution in [0.3, 0.4) is 0 Å². The lowest BCUT2D eigenvalue weighted by molar-refractivity contribution is -0.137. The SMILES string of the molecule is COc1cc2c(cc1OCCCC(=O)Nc1cc(C(=O)Cc3ccc(-c4cc(C)n(C(=O)Nc5ccc(CC(=O)[C@H](C)NC(=O)[C@@H](NC(=O)CCCCCN6C(=O)C=CC6=O)C(C)C)cc5)c4)cc3)n(C)c1)N=C[C@@H]1CCCCN1C2=O. The van der Waals surface area contributed by atoms with Crippen LogP contribution in [0.1, 0.15) is 116 Å². The van der Waals surface area contributed by atoms with Gasteiger partial charge in [0.25, 0.3) is 17.7 Å². The maximum Gasteiger partial charge on any atom is 0.330 e. The van der Waals surface area contributed by atoms with Gasteiger partial charge in [0.15, 0.2) is 23.1 Å². The van der Waals surface area contributed by atoms with E-state index in [1.807, 2.05) is 48.4 Å². The third-order valence-corrected chi connectivity index (χ3v) is 14.8. The number of aryl methyl sites for hydroxylation is 2. The third-order valence-electron chi connectivity index (χ3n) is 14.8. The van der Waals surface area contributed by atoms with Gasteiger partial charge in [-0.2, -0.15) is 0 Å². The summed E-state index contributed by atoms with van der Waals surface area (Å²) in [7, 11) is 3.27. The van der Waals surface area contributed by atoms with Crippen molar-refractivity contribution in [3.63, 3.8) is 0 Å². The zero-order chi connectivity index (χ0) is 58.6. The number of nitrogens with zero attached hydrogens (tertiary/aromatic N) is 5. The molecule has 3 aromatic carbocycles. The van der Waals surface area contributed by atoms with Crippen molar-refractivity contribution in [2.24, 2.45) is 18.0 Å². The van der Waals surface area contributed by atoms with Crippen LogP contribution in [0.5, 0.6) is 11.5 Å². The van der Waals surface area contributed by atoms with Gasteiger partial charge in [-0.3, -0.25) is 52.8 Å². The molecule has 20 heteroatoms. The van der Waals surface area contributed by atoms with E-state index < -0.39 is 18.0 Å². The van der Waals surface area contributed by atoms with E-state index in [4.69, 9.17) is 9.47 Å². The van der Waals surface area contributed by atoms with Crippen LogP contribution >= 0.6 is 0 Å². The molecule has 82 heavy (non-hydrogen) atoms. The normalized spacial score (nSPS) is 15.4. The molecule has 0 spiro atoms. The van der Waals surface area contributed by atoms with Crippen LogP contribution in [0.25, 0.3) is 11.1 Å². The van der Waals surface area contributed by atoms with E-state index in [-0.39, 0.29) is 97.9 Å². The molecule has 3 aliphatic rings. The first-order chi connectivity index (χ1) is 39.3. The zero-order valence-corrected chi connectivity index (χ0v) is 47.3. The number of Topliss-reactive ketones (excluding diaryl/α,β-unsaturated/α-hetero) is 2. The molecule has 1 fully saturated rings. The number of benzene rings is 3. The first-order valence-electron chi connectivity index (χ1n) is 27.9. The Hall–Kier alpha value is -8.94. The maximum absolute atomic E-state index is 13.5. The molecule has 0 aliphatic carbocycles. The van der Waals surface area contributed by atoms with Crippen molar-refractivity contribution in [3.05, 3.63) is 125 Å². The highest BCUT2D eigenvalue weighted by molar-refractivity contribution is 6.13. The van der Waals surface area contributed by atoms with Crippen molar-refractivity contribution in [3.8, 4) is 22.6 Å². The number of anilines is 2. The average molecular weight is 1120 g/mol. The van der Waals surface area contributed by atoms with Crippen molar-refractivity contribution in [1.82, 2.24) is 29.6 Å². The monoisotopic (exact) mass is 1120 g/mol. The van der Waals surface area contributed by atoms with Crippen LogP contribution in [-0.2, 0) is 48.7 Å². The number of ether oxygens (including phenoxy) is 2. The van der Waals surface area contributed by atoms with Crippen LogP contribution in [0.15, 0.2) is 102 Å². The predicted molar refractivity (Wildman–Crippen MR) is 310 cm³/mol. The Labute approximate surface area is 476 Å². The van der Waals surface area contributed by atoms with Crippen LogP contribution in [0.2, 0.25) is 0 Å². The zero-order valence-electron chi connectivity index (χ0n) is 47.3.